The minimum atomic E-state index is -0.697. The second-order valence-corrected chi connectivity index (χ2v) is 7.63. The van der Waals surface area contributed by atoms with E-state index in [0.717, 1.165) is 16.9 Å². The largest absolute Gasteiger partial charge is 0.370 e. The van der Waals surface area contributed by atoms with E-state index in [1.807, 2.05) is 67.4 Å². The lowest BCUT2D eigenvalue weighted by atomic mass is 10.1. The zero-order valence-corrected chi connectivity index (χ0v) is 17.3. The summed E-state index contributed by atoms with van der Waals surface area (Å²) in [6, 6.07) is 16.7. The molecule has 0 bridgehead atoms. The maximum atomic E-state index is 12.9. The van der Waals surface area contributed by atoms with E-state index in [0.29, 0.717) is 18.7 Å². The predicted octanol–water partition coefficient (Wildman–Crippen LogP) is 2.79. The van der Waals surface area contributed by atoms with Crippen LogP contribution in [0, 0.1) is 6.92 Å². The Morgan fingerprint density at radius 2 is 1.83 bits per heavy atom. The van der Waals surface area contributed by atoms with Gasteiger partial charge in [-0.1, -0.05) is 47.1 Å². The molecule has 0 fully saturated rings. The molecule has 1 aliphatic heterocycles. The van der Waals surface area contributed by atoms with Gasteiger partial charge in [-0.2, -0.15) is 0 Å². The van der Waals surface area contributed by atoms with Crippen LogP contribution in [0.3, 0.4) is 0 Å². The van der Waals surface area contributed by atoms with Crippen LogP contribution in [-0.2, 0) is 11.2 Å². The normalized spacial score (nSPS) is 16.2. The van der Waals surface area contributed by atoms with Gasteiger partial charge in [-0.15, -0.1) is 0 Å². The van der Waals surface area contributed by atoms with Crippen molar-refractivity contribution in [2.24, 2.45) is 0 Å². The van der Waals surface area contributed by atoms with E-state index < -0.39 is 11.9 Å². The van der Waals surface area contributed by atoms with Crippen molar-refractivity contribution in [1.29, 1.82) is 0 Å². The van der Waals surface area contributed by atoms with Crippen molar-refractivity contribution >= 4 is 23.2 Å². The number of hydrogen-bond acceptors (Lipinski definition) is 5. The molecule has 0 unspecified atom stereocenters. The van der Waals surface area contributed by atoms with Crippen LogP contribution >= 0.6 is 0 Å². The summed E-state index contributed by atoms with van der Waals surface area (Å²) in [5.74, 6) is -0.0126. The molecule has 3 aromatic rings. The van der Waals surface area contributed by atoms with E-state index >= 15 is 0 Å². The molecule has 1 atom stereocenters. The lowest BCUT2D eigenvalue weighted by molar-refractivity contribution is -0.119. The summed E-state index contributed by atoms with van der Waals surface area (Å²) in [6.07, 6.45) is 0.545. The first kappa shape index (κ1) is 19.7. The van der Waals surface area contributed by atoms with E-state index in [2.05, 4.69) is 10.5 Å². The Balaban J connectivity index is 1.47. The highest BCUT2D eigenvalue weighted by atomic mass is 16.5. The number of nitrogens with zero attached hydrogens (tertiary/aromatic N) is 3. The first-order chi connectivity index (χ1) is 14.4. The van der Waals surface area contributed by atoms with E-state index in [9.17, 15) is 9.59 Å². The van der Waals surface area contributed by atoms with Gasteiger partial charge < -0.3 is 19.6 Å². The van der Waals surface area contributed by atoms with Crippen LogP contribution in [0.5, 0.6) is 0 Å². The number of carbonyl (C=O) groups is 2. The van der Waals surface area contributed by atoms with Gasteiger partial charge in [0, 0.05) is 33.1 Å². The third-order valence-electron chi connectivity index (χ3n) is 5.34. The average Bonchev–Trinajstić information content (AvgIpc) is 3.19. The van der Waals surface area contributed by atoms with Gasteiger partial charge in [0.25, 0.3) is 11.8 Å². The summed E-state index contributed by atoms with van der Waals surface area (Å²) >= 11 is 0. The molecule has 0 radical (unpaired) electrons. The fourth-order valence-corrected chi connectivity index (χ4v) is 3.62. The number of benzene rings is 2. The molecule has 4 rings (SSSR count). The quantitative estimate of drug-likeness (QED) is 0.723. The number of nitrogens with one attached hydrogen (secondary N) is 1. The topological polar surface area (TPSA) is 78.7 Å². The Bertz CT molecular complexity index is 1070. The maximum Gasteiger partial charge on any atom is 0.274 e. The standard InChI is InChI=1S/C23H24N4O3/c1-15-8-10-16(11-9-15)12-17-13-18(25-30-17)22(28)24-19-14-26(2)20-6-4-5-7-21(20)27(3)23(19)29/h4-11,13,19H,12,14H2,1-3H3,(H,24,28)/t19-/m0/s1. The Kier molecular flexibility index (Phi) is 5.27. The SMILES string of the molecule is Cc1ccc(Cc2cc(C(=O)N[C@H]3CN(C)c4ccccc4N(C)C3=O)no2)cc1. The van der Waals surface area contributed by atoms with Crippen LogP contribution < -0.4 is 15.1 Å². The van der Waals surface area contributed by atoms with Gasteiger partial charge in [0.05, 0.1) is 11.4 Å². The fraction of sp³-hybridized carbons (Fsp3) is 0.261. The third-order valence-corrected chi connectivity index (χ3v) is 5.34. The van der Waals surface area contributed by atoms with Crippen LogP contribution in [0.1, 0.15) is 27.4 Å². The fourth-order valence-electron chi connectivity index (χ4n) is 3.62. The molecule has 1 aliphatic rings. The Morgan fingerprint density at radius 3 is 2.57 bits per heavy atom. The summed E-state index contributed by atoms with van der Waals surface area (Å²) in [6.45, 7) is 2.39. The molecule has 0 saturated heterocycles. The summed E-state index contributed by atoms with van der Waals surface area (Å²) < 4.78 is 5.34. The molecule has 7 heteroatoms. The second-order valence-electron chi connectivity index (χ2n) is 7.63. The molecular weight excluding hydrogens is 380 g/mol. The number of carbonyl (C=O) groups excluding carboxylic acids is 2. The smallest absolute Gasteiger partial charge is 0.274 e. The van der Waals surface area contributed by atoms with Gasteiger partial charge in [-0.25, -0.2) is 0 Å². The van der Waals surface area contributed by atoms with Crippen LogP contribution in [0.15, 0.2) is 59.1 Å². The minimum Gasteiger partial charge on any atom is -0.370 e. The number of para-hydroxylation sites is 2. The number of amides is 2. The zero-order chi connectivity index (χ0) is 21.3. The molecule has 0 saturated carbocycles. The van der Waals surface area contributed by atoms with Crippen molar-refractivity contribution in [2.45, 2.75) is 19.4 Å². The summed E-state index contributed by atoms with van der Waals surface area (Å²) in [5.41, 5.74) is 4.16. The van der Waals surface area contributed by atoms with Gasteiger partial charge >= 0.3 is 0 Å². The highest BCUT2D eigenvalue weighted by Crippen LogP contribution is 2.30. The van der Waals surface area contributed by atoms with E-state index in [1.54, 1.807) is 18.0 Å². The van der Waals surface area contributed by atoms with Crippen LogP contribution in [-0.4, -0.2) is 43.7 Å². The monoisotopic (exact) mass is 404 g/mol. The molecule has 0 aliphatic carbocycles. The zero-order valence-electron chi connectivity index (χ0n) is 17.3. The van der Waals surface area contributed by atoms with Crippen LogP contribution in [0.25, 0.3) is 0 Å². The number of aryl methyl sites for hydroxylation is 1. The van der Waals surface area contributed by atoms with Crippen molar-refractivity contribution in [1.82, 2.24) is 10.5 Å². The number of anilines is 2. The number of likely N-dealkylation sites (N-methyl/N-ethyl adjacent to an activating group) is 2. The molecule has 1 N–H and O–H groups in total. The molecule has 1 aromatic heterocycles. The molecule has 2 aromatic carbocycles. The molecule has 2 amide bonds. The summed E-state index contributed by atoms with van der Waals surface area (Å²) in [4.78, 5) is 29.2. The van der Waals surface area contributed by atoms with Crippen molar-refractivity contribution in [3.05, 3.63) is 77.2 Å². The molecule has 154 valence electrons. The molecule has 2 heterocycles. The van der Waals surface area contributed by atoms with Gasteiger partial charge in [0.15, 0.2) is 5.69 Å². The summed E-state index contributed by atoms with van der Waals surface area (Å²) in [7, 11) is 3.62. The predicted molar refractivity (Wildman–Crippen MR) is 115 cm³/mol. The Morgan fingerprint density at radius 1 is 1.13 bits per heavy atom. The van der Waals surface area contributed by atoms with Crippen LogP contribution in [0.4, 0.5) is 11.4 Å². The number of rotatable bonds is 4. The number of fused-ring (bicyclic) bond motifs is 1. The highest BCUT2D eigenvalue weighted by molar-refractivity contribution is 6.04. The molecule has 30 heavy (non-hydrogen) atoms. The van der Waals surface area contributed by atoms with E-state index in [-0.39, 0.29) is 11.6 Å². The van der Waals surface area contributed by atoms with Crippen molar-refractivity contribution in [2.75, 3.05) is 30.4 Å². The Labute approximate surface area is 175 Å². The number of hydrogen-bond donors (Lipinski definition) is 1. The third kappa shape index (κ3) is 3.91. The van der Waals surface area contributed by atoms with Crippen molar-refractivity contribution in [3.63, 3.8) is 0 Å². The minimum absolute atomic E-state index is 0.164. The number of aromatic nitrogens is 1. The van der Waals surface area contributed by atoms with Gasteiger partial charge in [-0.3, -0.25) is 9.59 Å². The van der Waals surface area contributed by atoms with Gasteiger partial charge in [0.2, 0.25) is 0 Å². The molecular formula is C23H24N4O3. The lowest BCUT2D eigenvalue weighted by Crippen LogP contribution is -2.51. The van der Waals surface area contributed by atoms with Crippen molar-refractivity contribution < 1.29 is 14.1 Å². The summed E-state index contributed by atoms with van der Waals surface area (Å²) in [5, 5.41) is 6.71. The lowest BCUT2D eigenvalue weighted by Gasteiger charge is -2.21. The van der Waals surface area contributed by atoms with Gasteiger partial charge in [-0.05, 0) is 24.6 Å². The van der Waals surface area contributed by atoms with E-state index in [1.165, 1.54) is 5.56 Å². The van der Waals surface area contributed by atoms with Crippen molar-refractivity contribution in [3.8, 4) is 0 Å². The maximum absolute atomic E-state index is 12.9. The Hall–Kier alpha value is -3.61. The van der Waals surface area contributed by atoms with Gasteiger partial charge in [0.1, 0.15) is 11.8 Å². The molecule has 0 spiro atoms. The highest BCUT2D eigenvalue weighted by Gasteiger charge is 2.32. The van der Waals surface area contributed by atoms with E-state index in [4.69, 9.17) is 4.52 Å². The van der Waals surface area contributed by atoms with Crippen LogP contribution in [0.2, 0.25) is 0 Å². The average molecular weight is 404 g/mol. The first-order valence-electron chi connectivity index (χ1n) is 9.82. The molecule has 7 nitrogen and oxygen atoms in total. The second kappa shape index (κ2) is 8.02. The first-order valence-corrected chi connectivity index (χ1v) is 9.82.